The van der Waals surface area contributed by atoms with Gasteiger partial charge in [-0.25, -0.2) is 18.0 Å². The fraction of sp³-hybridized carbons (Fsp3) is 0.355. The Balaban J connectivity index is 1.31. The molecule has 2 aliphatic heterocycles. The molecule has 3 N–H and O–H groups in total. The molecule has 7 rings (SSSR count). The number of hydrogen-bond donors (Lipinski definition) is 2. The highest BCUT2D eigenvalue weighted by Gasteiger charge is 2.49. The summed E-state index contributed by atoms with van der Waals surface area (Å²) in [4.78, 5) is 26.1. The van der Waals surface area contributed by atoms with Gasteiger partial charge in [-0.3, -0.25) is 4.90 Å². The Hall–Kier alpha value is -4.72. The number of nitriles is 1. The fourth-order valence-corrected chi connectivity index (χ4v) is 7.99. The molecule has 5 heterocycles. The number of nitrogens with two attached hydrogens (primary N) is 1. The number of nitrogens with zero attached hydrogens (tertiary/aromatic N) is 8. The summed E-state index contributed by atoms with van der Waals surface area (Å²) in [5.41, 5.74) is 5.48. The Morgan fingerprint density at radius 1 is 1.31 bits per heavy atom. The average molecular weight is 697 g/mol. The third kappa shape index (κ3) is 5.41. The number of carbonyl (C=O) groups excluding carboxylic acids is 1. The third-order valence-corrected chi connectivity index (χ3v) is 10.3. The number of nitrogens with one attached hydrogen (secondary N) is 1. The first kappa shape index (κ1) is 31.9. The number of carbonyl (C=O) groups is 1. The van der Waals surface area contributed by atoms with Crippen LogP contribution in [0.3, 0.4) is 0 Å². The van der Waals surface area contributed by atoms with Crippen molar-refractivity contribution in [2.45, 2.75) is 31.0 Å². The van der Waals surface area contributed by atoms with E-state index in [9.17, 15) is 18.8 Å². The highest BCUT2D eigenvalue weighted by atomic mass is 35.5. The van der Waals surface area contributed by atoms with E-state index in [4.69, 9.17) is 22.1 Å². The van der Waals surface area contributed by atoms with Crippen LogP contribution < -0.4 is 20.7 Å². The number of aromatic nitrogens is 5. The van der Waals surface area contributed by atoms with Crippen molar-refractivity contribution >= 4 is 60.8 Å². The van der Waals surface area contributed by atoms with Crippen LogP contribution in [-0.4, -0.2) is 87.4 Å². The van der Waals surface area contributed by atoms with Gasteiger partial charge in [-0.05, 0) is 37.1 Å². The summed E-state index contributed by atoms with van der Waals surface area (Å²) in [5, 5.41) is 20.6. The van der Waals surface area contributed by atoms with E-state index in [0.717, 1.165) is 35.5 Å². The number of thiophene rings is 1. The van der Waals surface area contributed by atoms with Crippen LogP contribution in [0.2, 0.25) is 5.02 Å². The van der Waals surface area contributed by atoms with Gasteiger partial charge in [-0.2, -0.15) is 25.4 Å². The van der Waals surface area contributed by atoms with Crippen LogP contribution in [0.25, 0.3) is 32.1 Å². The van der Waals surface area contributed by atoms with Gasteiger partial charge in [0.25, 0.3) is 0 Å². The largest absolute Gasteiger partial charge is 0.461 e. The minimum absolute atomic E-state index is 0.0164. The predicted molar refractivity (Wildman–Crippen MR) is 175 cm³/mol. The molecule has 17 heteroatoms. The number of anilines is 2. The lowest BCUT2D eigenvalue weighted by atomic mass is 9.95. The average Bonchev–Trinajstić information content (AvgIpc) is 3.85. The van der Waals surface area contributed by atoms with Crippen molar-refractivity contribution < 1.29 is 22.7 Å². The molecule has 2 aliphatic rings. The second-order valence-corrected chi connectivity index (χ2v) is 13.3. The van der Waals surface area contributed by atoms with Crippen molar-refractivity contribution in [1.82, 2.24) is 35.2 Å². The molecule has 0 saturated carbocycles. The first-order valence-corrected chi connectivity index (χ1v) is 16.3. The molecule has 2 fully saturated rings. The molecule has 0 radical (unpaired) electrons. The zero-order chi connectivity index (χ0) is 33.7. The van der Waals surface area contributed by atoms with Crippen LogP contribution in [0.15, 0.2) is 30.6 Å². The number of fused-ring (bicyclic) bond motifs is 3. The van der Waals surface area contributed by atoms with Crippen molar-refractivity contribution in [3.8, 4) is 23.2 Å². The Kier molecular flexibility index (Phi) is 8.22. The van der Waals surface area contributed by atoms with Gasteiger partial charge < -0.3 is 20.7 Å². The van der Waals surface area contributed by atoms with E-state index in [1.165, 1.54) is 30.6 Å². The number of ether oxygens (including phenoxy) is 1. The highest BCUT2D eigenvalue weighted by Crippen LogP contribution is 2.46. The van der Waals surface area contributed by atoms with Crippen molar-refractivity contribution in [2.24, 2.45) is 0 Å². The van der Waals surface area contributed by atoms with Gasteiger partial charge in [0.05, 0.1) is 33.2 Å². The quantitative estimate of drug-likeness (QED) is 0.223. The van der Waals surface area contributed by atoms with E-state index in [1.54, 1.807) is 11.9 Å². The maximum atomic E-state index is 16.8. The fourth-order valence-electron chi connectivity index (χ4n) is 6.75. The highest BCUT2D eigenvalue weighted by molar-refractivity contribution is 7.23. The van der Waals surface area contributed by atoms with Gasteiger partial charge >= 0.3 is 12.0 Å². The summed E-state index contributed by atoms with van der Waals surface area (Å²) in [6, 6.07) is 5.34. The van der Waals surface area contributed by atoms with E-state index in [-0.39, 0.29) is 79.2 Å². The summed E-state index contributed by atoms with van der Waals surface area (Å²) in [6.07, 6.45) is 3.75. The summed E-state index contributed by atoms with van der Waals surface area (Å²) < 4.78 is 52.4. The topological polar surface area (TPSA) is 151 Å². The summed E-state index contributed by atoms with van der Waals surface area (Å²) in [6.45, 7) is 1.56. The molecule has 2 atom stereocenters. The number of alkyl halides is 1. The molecular weight excluding hydrogens is 669 g/mol. The molecule has 1 amide bonds. The van der Waals surface area contributed by atoms with E-state index >= 15 is 4.39 Å². The van der Waals surface area contributed by atoms with Gasteiger partial charge in [-0.1, -0.05) is 22.5 Å². The van der Waals surface area contributed by atoms with Gasteiger partial charge in [-0.15, -0.1) is 11.3 Å². The van der Waals surface area contributed by atoms with Gasteiger partial charge in [0, 0.05) is 49.4 Å². The van der Waals surface area contributed by atoms with Gasteiger partial charge in [0.15, 0.2) is 5.82 Å². The number of amides is 1. The molecule has 5 aromatic rings. The number of likely N-dealkylation sites (N-methyl/N-ethyl adjacent to an activating group) is 1. The summed E-state index contributed by atoms with van der Waals surface area (Å²) >= 11 is 7.65. The molecule has 48 heavy (non-hydrogen) atoms. The van der Waals surface area contributed by atoms with E-state index in [1.807, 2.05) is 6.07 Å². The first-order valence-electron chi connectivity index (χ1n) is 15.1. The molecular formula is C31H28ClF3N10O2S. The Morgan fingerprint density at radius 2 is 2.10 bits per heavy atom. The maximum Gasteiger partial charge on any atom is 0.359 e. The zero-order valence-corrected chi connectivity index (χ0v) is 27.1. The minimum atomic E-state index is -0.973. The molecule has 0 bridgehead atoms. The van der Waals surface area contributed by atoms with E-state index in [2.05, 4.69) is 30.4 Å². The lowest BCUT2D eigenvalue weighted by molar-refractivity contribution is 0.107. The zero-order valence-electron chi connectivity index (χ0n) is 25.5. The maximum absolute atomic E-state index is 16.8. The van der Waals surface area contributed by atoms with Crippen molar-refractivity contribution in [2.75, 3.05) is 50.5 Å². The lowest BCUT2D eigenvalue weighted by Crippen LogP contribution is -2.43. The standard InChI is InChI=1S/C31H28ClF3N10O2S/c1-43(10-8-38-30(46)45-39-6-7-40-45)28-18-11-20(32)23(17-3-4-21(34)26-22(17)19(13-36)27(37)48-26)24(35)25(18)41-29(42-28)47-15-31-5-2-9-44(31)14-16(33)12-31/h3-4,6-7,11,16H,2,5,8-10,12,14-15,37H2,1H3,(H,38,46)/t16-,31+/m1/s1. The number of hydrogen-bond acceptors (Lipinski definition) is 11. The van der Waals surface area contributed by atoms with Crippen LogP contribution in [0.4, 0.5) is 28.8 Å². The molecule has 0 aliphatic carbocycles. The summed E-state index contributed by atoms with van der Waals surface area (Å²) in [7, 11) is 1.70. The molecule has 2 saturated heterocycles. The Morgan fingerprint density at radius 3 is 2.88 bits per heavy atom. The second-order valence-electron chi connectivity index (χ2n) is 11.9. The summed E-state index contributed by atoms with van der Waals surface area (Å²) in [5.74, 6) is -1.19. The van der Waals surface area contributed by atoms with Gasteiger partial charge in [0.1, 0.15) is 41.0 Å². The number of benzene rings is 2. The third-order valence-electron chi connectivity index (χ3n) is 8.96. The van der Waals surface area contributed by atoms with Crippen LogP contribution in [0, 0.1) is 23.0 Å². The minimum Gasteiger partial charge on any atom is -0.461 e. The Labute approximate surface area is 280 Å². The molecule has 248 valence electrons. The van der Waals surface area contributed by atoms with E-state index < -0.39 is 29.4 Å². The molecule has 0 unspecified atom stereocenters. The van der Waals surface area contributed by atoms with Crippen LogP contribution in [-0.2, 0) is 0 Å². The first-order chi connectivity index (χ1) is 23.1. The molecule has 0 spiro atoms. The van der Waals surface area contributed by atoms with Gasteiger partial charge in [0.2, 0.25) is 0 Å². The predicted octanol–water partition coefficient (Wildman–Crippen LogP) is 5.14. The smallest absolute Gasteiger partial charge is 0.359 e. The number of rotatable bonds is 8. The second kappa shape index (κ2) is 12.4. The normalized spacial score (nSPS) is 19.1. The van der Waals surface area contributed by atoms with Crippen molar-refractivity contribution in [3.63, 3.8) is 0 Å². The van der Waals surface area contributed by atoms with Crippen LogP contribution >= 0.6 is 22.9 Å². The number of nitrogen functional groups attached to an aromatic ring is 1. The molecule has 12 nitrogen and oxygen atoms in total. The van der Waals surface area contributed by atoms with Crippen LogP contribution in [0.5, 0.6) is 6.01 Å². The van der Waals surface area contributed by atoms with E-state index in [0.29, 0.717) is 13.0 Å². The molecule has 3 aromatic heterocycles. The Bertz CT molecular complexity index is 2110. The van der Waals surface area contributed by atoms with Crippen molar-refractivity contribution in [3.05, 3.63) is 52.8 Å². The van der Waals surface area contributed by atoms with Crippen molar-refractivity contribution in [1.29, 1.82) is 5.26 Å². The number of halogens is 4. The molecule has 2 aromatic carbocycles. The SMILES string of the molecule is CN(CCNC(=O)n1nccn1)c1nc(OC[C@@]23CCCN2C[C@H](F)C3)nc2c(F)c(-c3ccc(F)c4sc(N)c(C#N)c34)c(Cl)cc12. The van der Waals surface area contributed by atoms with Crippen LogP contribution in [0.1, 0.15) is 24.8 Å². The monoisotopic (exact) mass is 696 g/mol. The lowest BCUT2D eigenvalue weighted by Gasteiger charge is -2.31.